The van der Waals surface area contributed by atoms with Crippen molar-refractivity contribution in [3.8, 4) is 11.8 Å². The average Bonchev–Trinajstić information content (AvgIpc) is 3.33. The van der Waals surface area contributed by atoms with Crippen LogP contribution in [0.15, 0.2) is 47.5 Å². The number of isothiocyanates is 1. The van der Waals surface area contributed by atoms with Crippen LogP contribution in [-0.2, 0) is 6.42 Å². The van der Waals surface area contributed by atoms with Gasteiger partial charge in [-0.25, -0.2) is 4.39 Å². The molecule has 0 radical (unpaired) electrons. The maximum Gasteiger partial charge on any atom is 0.150 e. The summed E-state index contributed by atoms with van der Waals surface area (Å²) in [6.45, 7) is 0. The lowest BCUT2D eigenvalue weighted by Crippen LogP contribution is -1.86. The van der Waals surface area contributed by atoms with Crippen molar-refractivity contribution in [3.63, 3.8) is 0 Å². The molecule has 0 saturated heterocycles. The van der Waals surface area contributed by atoms with Gasteiger partial charge in [-0.3, -0.25) is 0 Å². The van der Waals surface area contributed by atoms with Gasteiger partial charge in [-0.05, 0) is 73.3 Å². The standard InChI is InChI=1S/C19H14FNS/c20-18-12-17(9-10-19(18)21-13-22)6-3-14-1-4-15(5-2-14)11-16-7-8-16/h1-2,4-5,9-10,12,16H,7-8,11H2. The number of nitrogens with zero attached hydrogens (tertiary/aromatic N) is 1. The van der Waals surface area contributed by atoms with Gasteiger partial charge < -0.3 is 0 Å². The average molecular weight is 307 g/mol. The maximum atomic E-state index is 13.7. The summed E-state index contributed by atoms with van der Waals surface area (Å²) in [4.78, 5) is 3.65. The largest absolute Gasteiger partial charge is 0.205 e. The van der Waals surface area contributed by atoms with Crippen LogP contribution in [0.5, 0.6) is 0 Å². The molecule has 0 aliphatic heterocycles. The first kappa shape index (κ1) is 14.7. The van der Waals surface area contributed by atoms with Crippen LogP contribution in [0.25, 0.3) is 0 Å². The summed E-state index contributed by atoms with van der Waals surface area (Å²) >= 11 is 4.47. The molecule has 0 heterocycles. The third-order valence-electron chi connectivity index (χ3n) is 3.64. The zero-order valence-corrected chi connectivity index (χ0v) is 12.8. The highest BCUT2D eigenvalue weighted by Gasteiger charge is 2.20. The molecular formula is C19H14FNS. The molecule has 1 fully saturated rings. The molecule has 0 atom stereocenters. The van der Waals surface area contributed by atoms with E-state index in [2.05, 4.69) is 46.3 Å². The monoisotopic (exact) mass is 307 g/mol. The van der Waals surface area contributed by atoms with Crippen molar-refractivity contribution in [2.75, 3.05) is 0 Å². The van der Waals surface area contributed by atoms with Crippen molar-refractivity contribution in [3.05, 3.63) is 65.0 Å². The Morgan fingerprint density at radius 2 is 1.73 bits per heavy atom. The van der Waals surface area contributed by atoms with Gasteiger partial charge in [0.2, 0.25) is 0 Å². The predicted molar refractivity (Wildman–Crippen MR) is 89.9 cm³/mol. The van der Waals surface area contributed by atoms with Crippen molar-refractivity contribution in [1.82, 2.24) is 0 Å². The highest BCUT2D eigenvalue weighted by molar-refractivity contribution is 7.78. The van der Waals surface area contributed by atoms with Gasteiger partial charge in [0.25, 0.3) is 0 Å². The van der Waals surface area contributed by atoms with E-state index in [1.807, 2.05) is 12.1 Å². The van der Waals surface area contributed by atoms with E-state index in [1.165, 1.54) is 30.9 Å². The van der Waals surface area contributed by atoms with Crippen LogP contribution in [-0.4, -0.2) is 5.16 Å². The number of hydrogen-bond donors (Lipinski definition) is 0. The molecular weight excluding hydrogens is 293 g/mol. The number of halogens is 1. The predicted octanol–water partition coefficient (Wildman–Crippen LogP) is 4.91. The summed E-state index contributed by atoms with van der Waals surface area (Å²) in [6.07, 6.45) is 3.88. The van der Waals surface area contributed by atoms with E-state index < -0.39 is 5.82 Å². The minimum Gasteiger partial charge on any atom is -0.205 e. The lowest BCUT2D eigenvalue weighted by molar-refractivity contribution is 0.629. The summed E-state index contributed by atoms with van der Waals surface area (Å²) in [5, 5.41) is 2.16. The number of hydrogen-bond acceptors (Lipinski definition) is 2. The first-order valence-corrected chi connectivity index (χ1v) is 7.64. The Kier molecular flexibility index (Phi) is 4.44. The maximum absolute atomic E-state index is 13.7. The quantitative estimate of drug-likeness (QED) is 0.446. The summed E-state index contributed by atoms with van der Waals surface area (Å²) in [5.74, 6) is 6.46. The second kappa shape index (κ2) is 6.66. The van der Waals surface area contributed by atoms with Gasteiger partial charge in [-0.15, -0.1) is 0 Å². The SMILES string of the molecule is Fc1cc(C#Cc2ccc(CC3CC3)cc2)ccc1N=C=S. The second-order valence-electron chi connectivity index (χ2n) is 5.46. The van der Waals surface area contributed by atoms with Crippen LogP contribution >= 0.6 is 12.2 Å². The van der Waals surface area contributed by atoms with Crippen LogP contribution in [0.2, 0.25) is 0 Å². The first-order valence-electron chi connectivity index (χ1n) is 7.23. The Labute approximate surface area is 134 Å². The van der Waals surface area contributed by atoms with Crippen LogP contribution in [0.1, 0.15) is 29.5 Å². The Morgan fingerprint density at radius 1 is 1.05 bits per heavy atom. The van der Waals surface area contributed by atoms with Crippen LogP contribution in [0.4, 0.5) is 10.1 Å². The molecule has 108 valence electrons. The van der Waals surface area contributed by atoms with Crippen LogP contribution < -0.4 is 0 Å². The van der Waals surface area contributed by atoms with Gasteiger partial charge in [0.05, 0.1) is 5.16 Å². The zero-order valence-electron chi connectivity index (χ0n) is 12.0. The summed E-state index contributed by atoms with van der Waals surface area (Å²) < 4.78 is 13.7. The Bertz CT molecular complexity index is 788. The third-order valence-corrected chi connectivity index (χ3v) is 3.73. The smallest absolute Gasteiger partial charge is 0.150 e. The topological polar surface area (TPSA) is 12.4 Å². The third kappa shape index (κ3) is 3.89. The van der Waals surface area contributed by atoms with Crippen molar-refractivity contribution >= 4 is 23.1 Å². The van der Waals surface area contributed by atoms with Gasteiger partial charge in [-0.2, -0.15) is 4.99 Å². The molecule has 0 unspecified atom stereocenters. The van der Waals surface area contributed by atoms with Gasteiger partial charge in [0.1, 0.15) is 5.69 Å². The molecule has 1 aliphatic rings. The highest BCUT2D eigenvalue weighted by atomic mass is 32.1. The van der Waals surface area contributed by atoms with E-state index in [9.17, 15) is 4.39 Å². The molecule has 2 aromatic carbocycles. The molecule has 0 spiro atoms. The molecule has 22 heavy (non-hydrogen) atoms. The number of thiocarbonyl (C=S) groups is 1. The summed E-state index contributed by atoms with van der Waals surface area (Å²) in [7, 11) is 0. The van der Waals surface area contributed by atoms with Crippen molar-refractivity contribution in [2.45, 2.75) is 19.3 Å². The fourth-order valence-electron chi connectivity index (χ4n) is 2.25. The molecule has 0 N–H and O–H groups in total. The molecule has 1 nitrogen and oxygen atoms in total. The van der Waals surface area contributed by atoms with Crippen LogP contribution in [0, 0.1) is 23.6 Å². The van der Waals surface area contributed by atoms with Gasteiger partial charge in [0.15, 0.2) is 5.82 Å². The molecule has 0 amide bonds. The van der Waals surface area contributed by atoms with Crippen molar-refractivity contribution < 1.29 is 4.39 Å². The fourth-order valence-corrected chi connectivity index (χ4v) is 2.35. The Hall–Kier alpha value is -2.27. The molecule has 3 heteroatoms. The van der Waals surface area contributed by atoms with E-state index in [4.69, 9.17) is 0 Å². The van der Waals surface area contributed by atoms with Gasteiger partial charge in [-0.1, -0.05) is 24.0 Å². The highest BCUT2D eigenvalue weighted by Crippen LogP contribution is 2.32. The number of benzene rings is 2. The first-order chi connectivity index (χ1) is 10.7. The Morgan fingerprint density at radius 3 is 2.36 bits per heavy atom. The summed E-state index contributed by atoms with van der Waals surface area (Å²) in [5.41, 5.74) is 3.09. The van der Waals surface area contributed by atoms with Gasteiger partial charge >= 0.3 is 0 Å². The van der Waals surface area contributed by atoms with E-state index in [1.54, 1.807) is 12.1 Å². The molecule has 0 bridgehead atoms. The van der Waals surface area contributed by atoms with E-state index in [0.717, 1.165) is 11.5 Å². The molecule has 1 aliphatic carbocycles. The molecule has 2 aromatic rings. The van der Waals surface area contributed by atoms with E-state index >= 15 is 0 Å². The van der Waals surface area contributed by atoms with Gasteiger partial charge in [0, 0.05) is 11.1 Å². The molecule has 3 rings (SSSR count). The lowest BCUT2D eigenvalue weighted by Gasteiger charge is -1.99. The normalized spacial score (nSPS) is 13.0. The second-order valence-corrected chi connectivity index (χ2v) is 5.65. The number of aliphatic imine (C=N–C) groups is 1. The van der Waals surface area contributed by atoms with E-state index in [-0.39, 0.29) is 5.69 Å². The lowest BCUT2D eigenvalue weighted by atomic mass is 10.1. The van der Waals surface area contributed by atoms with Crippen molar-refractivity contribution in [2.24, 2.45) is 10.9 Å². The zero-order chi connectivity index (χ0) is 15.4. The van der Waals surface area contributed by atoms with Crippen molar-refractivity contribution in [1.29, 1.82) is 0 Å². The molecule has 1 saturated carbocycles. The number of rotatable bonds is 3. The van der Waals surface area contributed by atoms with E-state index in [0.29, 0.717) is 5.56 Å². The summed E-state index contributed by atoms with van der Waals surface area (Å²) in [6, 6.07) is 12.9. The minimum absolute atomic E-state index is 0.185. The Balaban J connectivity index is 1.73. The fraction of sp³-hybridized carbons (Fsp3) is 0.211. The molecule has 0 aromatic heterocycles. The van der Waals surface area contributed by atoms with Crippen LogP contribution in [0.3, 0.4) is 0 Å². The minimum atomic E-state index is -0.441.